The summed E-state index contributed by atoms with van der Waals surface area (Å²) in [7, 11) is 2.12. The van der Waals surface area contributed by atoms with Gasteiger partial charge in [-0.05, 0) is 29.9 Å². The van der Waals surface area contributed by atoms with Gasteiger partial charge in [-0.1, -0.05) is 11.6 Å². The fourth-order valence-corrected chi connectivity index (χ4v) is 2.05. The summed E-state index contributed by atoms with van der Waals surface area (Å²) in [5.74, 6) is 0.735. The molecule has 2 heterocycles. The van der Waals surface area contributed by atoms with Crippen LogP contribution >= 0.6 is 27.5 Å². The lowest BCUT2D eigenvalue weighted by Crippen LogP contribution is -2.45. The van der Waals surface area contributed by atoms with E-state index in [2.05, 4.69) is 42.7 Å². The highest BCUT2D eigenvalue weighted by molar-refractivity contribution is 9.10. The second-order valence-electron chi connectivity index (χ2n) is 4.00. The number of likely N-dealkylation sites (N-methyl/N-ethyl adjacent to an activating group) is 1. The zero-order valence-electron chi connectivity index (χ0n) is 9.37. The highest BCUT2D eigenvalue weighted by atomic mass is 79.9. The minimum atomic E-state index is 0.487. The summed E-state index contributed by atoms with van der Waals surface area (Å²) < 4.78 is 0.784. The third-order valence-corrected chi connectivity index (χ3v) is 4.20. The Hall–Kier alpha value is -0.390. The van der Waals surface area contributed by atoms with E-state index >= 15 is 0 Å². The molecule has 0 aliphatic carbocycles. The largest absolute Gasteiger partial charge is 0.338 e. The third-order valence-electron chi connectivity index (χ3n) is 2.75. The molecule has 16 heavy (non-hydrogen) atoms. The van der Waals surface area contributed by atoms with Gasteiger partial charge in [0.25, 0.3) is 0 Å². The van der Waals surface area contributed by atoms with E-state index in [9.17, 15) is 0 Å². The first-order valence-corrected chi connectivity index (χ1v) is 6.38. The van der Waals surface area contributed by atoms with E-state index < -0.39 is 0 Å². The van der Waals surface area contributed by atoms with Crippen molar-refractivity contribution in [3.05, 3.63) is 15.3 Å². The molecule has 0 radical (unpaired) electrons. The molecule has 0 atom stereocenters. The SMILES string of the molecule is Cc1nc(N2CCN(C)CC2)nc(Cl)c1Br. The zero-order chi connectivity index (χ0) is 11.7. The molecule has 0 unspecified atom stereocenters. The Bertz CT molecular complexity index is 367. The Morgan fingerprint density at radius 1 is 1.19 bits per heavy atom. The molecule has 1 aromatic heterocycles. The van der Waals surface area contributed by atoms with E-state index in [1.54, 1.807) is 0 Å². The second kappa shape index (κ2) is 4.85. The number of hydrogen-bond acceptors (Lipinski definition) is 4. The number of rotatable bonds is 1. The predicted molar refractivity (Wildman–Crippen MR) is 69.2 cm³/mol. The molecule has 1 saturated heterocycles. The summed E-state index contributed by atoms with van der Waals surface area (Å²) in [6.45, 7) is 5.91. The van der Waals surface area contributed by atoms with Crippen LogP contribution in [0.2, 0.25) is 5.15 Å². The lowest BCUT2D eigenvalue weighted by molar-refractivity contribution is 0.311. The minimum absolute atomic E-state index is 0.487. The highest BCUT2D eigenvalue weighted by Crippen LogP contribution is 2.25. The molecule has 0 spiro atoms. The number of piperazine rings is 1. The molecule has 6 heteroatoms. The monoisotopic (exact) mass is 304 g/mol. The van der Waals surface area contributed by atoms with Crippen molar-refractivity contribution in [2.75, 3.05) is 38.1 Å². The van der Waals surface area contributed by atoms with E-state index in [0.29, 0.717) is 5.15 Å². The number of halogens is 2. The maximum absolute atomic E-state index is 6.03. The first-order chi connectivity index (χ1) is 7.58. The van der Waals surface area contributed by atoms with Crippen LogP contribution in [0.1, 0.15) is 5.69 Å². The van der Waals surface area contributed by atoms with E-state index in [1.165, 1.54) is 0 Å². The number of nitrogens with zero attached hydrogens (tertiary/aromatic N) is 4. The van der Waals surface area contributed by atoms with Crippen molar-refractivity contribution in [3.8, 4) is 0 Å². The highest BCUT2D eigenvalue weighted by Gasteiger charge is 2.18. The topological polar surface area (TPSA) is 32.3 Å². The van der Waals surface area contributed by atoms with Crippen LogP contribution in [-0.4, -0.2) is 48.1 Å². The summed E-state index contributed by atoms with van der Waals surface area (Å²) in [6, 6.07) is 0. The molecule has 0 bridgehead atoms. The van der Waals surface area contributed by atoms with E-state index in [0.717, 1.165) is 42.3 Å². The van der Waals surface area contributed by atoms with Gasteiger partial charge >= 0.3 is 0 Å². The fraction of sp³-hybridized carbons (Fsp3) is 0.600. The lowest BCUT2D eigenvalue weighted by atomic mass is 10.3. The van der Waals surface area contributed by atoms with Gasteiger partial charge in [0.05, 0.1) is 10.2 Å². The van der Waals surface area contributed by atoms with Crippen LogP contribution in [0, 0.1) is 6.92 Å². The van der Waals surface area contributed by atoms with Crippen molar-refractivity contribution in [1.29, 1.82) is 0 Å². The average molecular weight is 306 g/mol. The first-order valence-electron chi connectivity index (χ1n) is 5.21. The fourth-order valence-electron chi connectivity index (χ4n) is 1.66. The zero-order valence-corrected chi connectivity index (χ0v) is 11.7. The Balaban J connectivity index is 2.21. The first kappa shape index (κ1) is 12.1. The van der Waals surface area contributed by atoms with Crippen LogP contribution in [0.25, 0.3) is 0 Å². The molecular formula is C10H14BrClN4. The summed E-state index contributed by atoms with van der Waals surface area (Å²) in [4.78, 5) is 13.2. The Kier molecular flexibility index (Phi) is 3.66. The molecule has 0 amide bonds. The van der Waals surface area contributed by atoms with E-state index in [1.807, 2.05) is 6.92 Å². The molecule has 4 nitrogen and oxygen atoms in total. The number of aromatic nitrogens is 2. The Morgan fingerprint density at radius 3 is 2.38 bits per heavy atom. The van der Waals surface area contributed by atoms with Gasteiger partial charge in [0.1, 0.15) is 5.15 Å². The maximum Gasteiger partial charge on any atom is 0.227 e. The van der Waals surface area contributed by atoms with Crippen LogP contribution in [-0.2, 0) is 0 Å². The van der Waals surface area contributed by atoms with Crippen molar-refractivity contribution in [1.82, 2.24) is 14.9 Å². The molecule has 2 rings (SSSR count). The van der Waals surface area contributed by atoms with Crippen molar-refractivity contribution < 1.29 is 0 Å². The smallest absolute Gasteiger partial charge is 0.227 e. The van der Waals surface area contributed by atoms with Crippen molar-refractivity contribution >= 4 is 33.5 Å². The van der Waals surface area contributed by atoms with Crippen LogP contribution < -0.4 is 4.90 Å². The quantitative estimate of drug-likeness (QED) is 0.743. The van der Waals surface area contributed by atoms with Crippen LogP contribution in [0.4, 0.5) is 5.95 Å². The predicted octanol–water partition coefficient (Wildman–Crippen LogP) is 1.95. The van der Waals surface area contributed by atoms with Crippen molar-refractivity contribution in [2.24, 2.45) is 0 Å². The summed E-state index contributed by atoms with van der Waals surface area (Å²) in [5.41, 5.74) is 0.883. The van der Waals surface area contributed by atoms with Gasteiger partial charge in [0.15, 0.2) is 0 Å². The Morgan fingerprint density at radius 2 is 1.81 bits per heavy atom. The molecule has 1 aliphatic heterocycles. The average Bonchev–Trinajstić information content (AvgIpc) is 2.26. The van der Waals surface area contributed by atoms with Gasteiger partial charge in [-0.2, -0.15) is 4.98 Å². The van der Waals surface area contributed by atoms with Crippen LogP contribution in [0.15, 0.2) is 4.47 Å². The van der Waals surface area contributed by atoms with E-state index in [4.69, 9.17) is 11.6 Å². The Labute approximate surface area is 109 Å². The van der Waals surface area contributed by atoms with Crippen molar-refractivity contribution in [2.45, 2.75) is 6.92 Å². The van der Waals surface area contributed by atoms with Crippen LogP contribution in [0.3, 0.4) is 0 Å². The summed E-state index contributed by atoms with van der Waals surface area (Å²) in [5, 5.41) is 0.487. The third kappa shape index (κ3) is 2.47. The van der Waals surface area contributed by atoms with Gasteiger partial charge < -0.3 is 9.80 Å². The van der Waals surface area contributed by atoms with Crippen LogP contribution in [0.5, 0.6) is 0 Å². The molecule has 0 saturated carbocycles. The van der Waals surface area contributed by atoms with Gasteiger partial charge in [0.2, 0.25) is 5.95 Å². The standard InChI is InChI=1S/C10H14BrClN4/c1-7-8(11)9(12)14-10(13-7)16-5-3-15(2)4-6-16/h3-6H2,1-2H3. The number of hydrogen-bond donors (Lipinski definition) is 0. The minimum Gasteiger partial charge on any atom is -0.338 e. The normalized spacial score (nSPS) is 17.9. The summed E-state index contributed by atoms with van der Waals surface area (Å²) in [6.07, 6.45) is 0. The van der Waals surface area contributed by atoms with Gasteiger partial charge in [-0.15, -0.1) is 0 Å². The molecule has 1 aliphatic rings. The molecular weight excluding hydrogens is 291 g/mol. The summed E-state index contributed by atoms with van der Waals surface area (Å²) >= 11 is 9.40. The van der Waals surface area contributed by atoms with Gasteiger partial charge in [-0.3, -0.25) is 0 Å². The van der Waals surface area contributed by atoms with E-state index in [-0.39, 0.29) is 0 Å². The molecule has 1 aromatic rings. The van der Waals surface area contributed by atoms with Crippen molar-refractivity contribution in [3.63, 3.8) is 0 Å². The molecule has 0 aromatic carbocycles. The molecule has 0 N–H and O–H groups in total. The molecule has 88 valence electrons. The molecule has 1 fully saturated rings. The maximum atomic E-state index is 6.03. The lowest BCUT2D eigenvalue weighted by Gasteiger charge is -2.32. The van der Waals surface area contributed by atoms with Gasteiger partial charge in [-0.25, -0.2) is 4.98 Å². The van der Waals surface area contributed by atoms with Gasteiger partial charge in [0, 0.05) is 26.2 Å². The number of anilines is 1. The second-order valence-corrected chi connectivity index (χ2v) is 5.16. The number of aryl methyl sites for hydroxylation is 1.